The van der Waals surface area contributed by atoms with Gasteiger partial charge in [-0.1, -0.05) is 17.7 Å². The van der Waals surface area contributed by atoms with Crippen LogP contribution in [0.5, 0.6) is 5.75 Å². The summed E-state index contributed by atoms with van der Waals surface area (Å²) in [7, 11) is -7.37. The smallest absolute Gasteiger partial charge is 0.243 e. The third kappa shape index (κ3) is 7.47. The molecular weight excluding hydrogens is 573 g/mol. The van der Waals surface area contributed by atoms with Crippen LogP contribution < -0.4 is 10.1 Å². The molecule has 0 unspecified atom stereocenters. The molecule has 214 valence electrons. The second-order valence-corrected chi connectivity index (χ2v) is 13.6. The van der Waals surface area contributed by atoms with E-state index in [0.29, 0.717) is 44.9 Å². The summed E-state index contributed by atoms with van der Waals surface area (Å²) in [4.78, 5) is 12.7. The number of hydrogen-bond donors (Lipinski definition) is 1. The third-order valence-corrected chi connectivity index (χ3v) is 10.8. The Morgan fingerprint density at radius 2 is 1.67 bits per heavy atom. The van der Waals surface area contributed by atoms with Crippen molar-refractivity contribution in [2.75, 3.05) is 52.5 Å². The average molecular weight is 604 g/mol. The Labute approximate surface area is 233 Å². The molecule has 10 nitrogen and oxygen atoms in total. The first kappa shape index (κ1) is 29.7. The summed E-state index contributed by atoms with van der Waals surface area (Å²) in [5.41, 5.74) is -0.0626. The second kappa shape index (κ2) is 12.9. The predicted octanol–water partition coefficient (Wildman–Crippen LogP) is 2.24. The second-order valence-electron chi connectivity index (χ2n) is 9.26. The molecule has 2 aliphatic rings. The highest BCUT2D eigenvalue weighted by Gasteiger charge is 2.32. The third-order valence-electron chi connectivity index (χ3n) is 6.71. The van der Waals surface area contributed by atoms with Gasteiger partial charge >= 0.3 is 0 Å². The quantitative estimate of drug-likeness (QED) is 0.413. The fourth-order valence-electron chi connectivity index (χ4n) is 4.47. The lowest BCUT2D eigenvalue weighted by atomic mass is 9.97. The maximum atomic E-state index is 14.0. The van der Waals surface area contributed by atoms with E-state index in [-0.39, 0.29) is 53.5 Å². The van der Waals surface area contributed by atoms with E-state index in [1.165, 1.54) is 38.9 Å². The van der Waals surface area contributed by atoms with Gasteiger partial charge in [0.15, 0.2) is 0 Å². The minimum atomic E-state index is -3.79. The number of rotatable bonds is 10. The maximum Gasteiger partial charge on any atom is 0.243 e. The summed E-state index contributed by atoms with van der Waals surface area (Å²) in [5.74, 6) is -1.28. The fraction of sp³-hybridized carbons (Fsp3) is 0.480. The fourth-order valence-corrected chi connectivity index (χ4v) is 7.80. The topological polar surface area (TPSA) is 122 Å². The van der Waals surface area contributed by atoms with Crippen molar-refractivity contribution >= 4 is 37.6 Å². The molecule has 2 fully saturated rings. The molecule has 1 amide bonds. The van der Waals surface area contributed by atoms with E-state index >= 15 is 0 Å². The number of piperidine rings is 1. The van der Waals surface area contributed by atoms with Crippen LogP contribution in [0.4, 0.5) is 4.39 Å². The van der Waals surface area contributed by atoms with Gasteiger partial charge in [-0.3, -0.25) is 4.79 Å². The maximum absolute atomic E-state index is 14.0. The summed E-state index contributed by atoms with van der Waals surface area (Å²) >= 11 is 5.98. The van der Waals surface area contributed by atoms with E-state index in [0.717, 1.165) is 0 Å². The number of hydrogen-bond acceptors (Lipinski definition) is 7. The average Bonchev–Trinajstić information content (AvgIpc) is 2.94. The van der Waals surface area contributed by atoms with Gasteiger partial charge in [0.05, 0.1) is 30.4 Å². The van der Waals surface area contributed by atoms with Gasteiger partial charge in [-0.15, -0.1) is 0 Å². The normalized spacial score (nSPS) is 18.1. The number of sulfonamides is 2. The molecule has 0 saturated carbocycles. The zero-order chi connectivity index (χ0) is 28.0. The zero-order valence-corrected chi connectivity index (χ0v) is 23.6. The van der Waals surface area contributed by atoms with Crippen molar-refractivity contribution in [1.82, 2.24) is 13.9 Å². The van der Waals surface area contributed by atoms with Crippen molar-refractivity contribution in [2.24, 2.45) is 5.92 Å². The van der Waals surface area contributed by atoms with Crippen molar-refractivity contribution < 1.29 is 35.5 Å². The number of carbonyl (C=O) groups is 1. The van der Waals surface area contributed by atoms with Crippen LogP contribution in [0.2, 0.25) is 5.02 Å². The first-order chi connectivity index (χ1) is 18.6. The highest BCUT2D eigenvalue weighted by molar-refractivity contribution is 7.89. The molecule has 39 heavy (non-hydrogen) atoms. The lowest BCUT2D eigenvalue weighted by Gasteiger charge is -2.30. The summed E-state index contributed by atoms with van der Waals surface area (Å²) in [5, 5.41) is 2.86. The van der Waals surface area contributed by atoms with Crippen LogP contribution in [0, 0.1) is 11.7 Å². The Morgan fingerprint density at radius 3 is 2.31 bits per heavy atom. The summed E-state index contributed by atoms with van der Waals surface area (Å²) < 4.78 is 78.5. The summed E-state index contributed by atoms with van der Waals surface area (Å²) in [6, 6.07) is 10.1. The van der Waals surface area contributed by atoms with E-state index in [1.54, 1.807) is 12.1 Å². The lowest BCUT2D eigenvalue weighted by Crippen LogP contribution is -2.44. The van der Waals surface area contributed by atoms with Gasteiger partial charge < -0.3 is 14.8 Å². The van der Waals surface area contributed by atoms with Gasteiger partial charge in [-0.2, -0.15) is 4.31 Å². The monoisotopic (exact) mass is 603 g/mol. The standard InChI is InChI=1S/C25H31ClFN3O7S2/c26-23-2-1-3-24(27)22(23)18-38(32,33)29-11-8-19(9-12-29)25(31)28-10-15-37-20-4-6-21(7-5-20)39(34,35)30-13-16-36-17-14-30/h1-7,19H,8-18H2,(H,28,31). The molecule has 0 aromatic heterocycles. The van der Waals surface area contributed by atoms with E-state index < -0.39 is 31.6 Å². The highest BCUT2D eigenvalue weighted by atomic mass is 35.5. The zero-order valence-electron chi connectivity index (χ0n) is 21.2. The Kier molecular flexibility index (Phi) is 9.83. The van der Waals surface area contributed by atoms with E-state index in [2.05, 4.69) is 5.32 Å². The van der Waals surface area contributed by atoms with Gasteiger partial charge in [0.25, 0.3) is 0 Å². The molecule has 0 atom stereocenters. The van der Waals surface area contributed by atoms with Crippen molar-refractivity contribution in [2.45, 2.75) is 23.5 Å². The molecule has 2 aromatic rings. The molecule has 2 aliphatic heterocycles. The van der Waals surface area contributed by atoms with Gasteiger partial charge in [-0.05, 0) is 49.2 Å². The Hall–Kier alpha value is -2.29. The number of carbonyl (C=O) groups excluding carboxylic acids is 1. The van der Waals surface area contributed by atoms with Crippen molar-refractivity contribution in [3.05, 3.63) is 58.9 Å². The van der Waals surface area contributed by atoms with Crippen LogP contribution >= 0.6 is 11.6 Å². The highest BCUT2D eigenvalue weighted by Crippen LogP contribution is 2.26. The molecule has 2 aromatic carbocycles. The number of halogens is 2. The van der Waals surface area contributed by atoms with Crippen LogP contribution in [0.15, 0.2) is 47.4 Å². The number of amides is 1. The van der Waals surface area contributed by atoms with Crippen molar-refractivity contribution in [1.29, 1.82) is 0 Å². The van der Waals surface area contributed by atoms with Crippen LogP contribution in [0.1, 0.15) is 18.4 Å². The van der Waals surface area contributed by atoms with Gasteiger partial charge in [0.1, 0.15) is 18.2 Å². The number of nitrogens with one attached hydrogen (secondary N) is 1. The molecular formula is C25H31ClFN3O7S2. The number of nitrogens with zero attached hydrogens (tertiary/aromatic N) is 2. The molecule has 4 rings (SSSR count). The van der Waals surface area contributed by atoms with E-state index in [9.17, 15) is 26.0 Å². The number of benzene rings is 2. The molecule has 0 bridgehead atoms. The van der Waals surface area contributed by atoms with E-state index in [1.807, 2.05) is 0 Å². The molecule has 14 heteroatoms. The van der Waals surface area contributed by atoms with Crippen LogP contribution in [-0.4, -0.2) is 83.9 Å². The van der Waals surface area contributed by atoms with E-state index in [4.69, 9.17) is 21.1 Å². The van der Waals surface area contributed by atoms with Crippen molar-refractivity contribution in [3.63, 3.8) is 0 Å². The van der Waals surface area contributed by atoms with Crippen molar-refractivity contribution in [3.8, 4) is 5.75 Å². The van der Waals surface area contributed by atoms with Gasteiger partial charge in [0.2, 0.25) is 26.0 Å². The largest absolute Gasteiger partial charge is 0.492 e. The number of ether oxygens (including phenoxy) is 2. The first-order valence-electron chi connectivity index (χ1n) is 12.6. The predicted molar refractivity (Wildman–Crippen MR) is 143 cm³/mol. The number of morpholine rings is 1. The first-order valence-corrected chi connectivity index (χ1v) is 16.0. The minimum absolute atomic E-state index is 0.0593. The molecule has 0 spiro atoms. The van der Waals surface area contributed by atoms with Gasteiger partial charge in [0, 0.05) is 42.7 Å². The van der Waals surface area contributed by atoms with Crippen LogP contribution in [-0.2, 0) is 35.3 Å². The van der Waals surface area contributed by atoms with Gasteiger partial charge in [-0.25, -0.2) is 25.5 Å². The SMILES string of the molecule is O=C(NCCOc1ccc(S(=O)(=O)N2CCOCC2)cc1)C1CCN(S(=O)(=O)Cc2c(F)cccc2Cl)CC1. The Bertz CT molecular complexity index is 1340. The molecule has 1 N–H and O–H groups in total. The molecule has 2 saturated heterocycles. The lowest BCUT2D eigenvalue weighted by molar-refractivity contribution is -0.126. The summed E-state index contributed by atoms with van der Waals surface area (Å²) in [6.07, 6.45) is 0.687. The summed E-state index contributed by atoms with van der Waals surface area (Å²) in [6.45, 7) is 2.10. The Morgan fingerprint density at radius 1 is 1.00 bits per heavy atom. The Balaban J connectivity index is 1.19. The minimum Gasteiger partial charge on any atom is -0.492 e. The van der Waals surface area contributed by atoms with Crippen LogP contribution in [0.25, 0.3) is 0 Å². The molecule has 2 heterocycles. The molecule has 0 radical (unpaired) electrons. The van der Waals surface area contributed by atoms with Crippen LogP contribution in [0.3, 0.4) is 0 Å². The molecule has 0 aliphatic carbocycles.